The van der Waals surface area contributed by atoms with Crippen molar-refractivity contribution < 1.29 is 19.0 Å². The molecule has 0 bridgehead atoms. The summed E-state index contributed by atoms with van der Waals surface area (Å²) in [5.41, 5.74) is 3.48. The first-order valence-electron chi connectivity index (χ1n) is 8.14. The zero-order chi connectivity index (χ0) is 17.8. The summed E-state index contributed by atoms with van der Waals surface area (Å²) in [7, 11) is 4.59. The third-order valence-electron chi connectivity index (χ3n) is 4.25. The van der Waals surface area contributed by atoms with E-state index in [1.807, 2.05) is 18.2 Å². The van der Waals surface area contributed by atoms with Crippen LogP contribution < -0.4 is 24.8 Å². The second-order valence-electron chi connectivity index (χ2n) is 5.76. The average Bonchev–Trinajstić information content (AvgIpc) is 2.66. The summed E-state index contributed by atoms with van der Waals surface area (Å²) < 4.78 is 15.9. The number of amides is 1. The maximum Gasteiger partial charge on any atom is 0.259 e. The molecule has 0 unspecified atom stereocenters. The largest absolute Gasteiger partial charge is 0.496 e. The van der Waals surface area contributed by atoms with E-state index in [1.165, 1.54) is 26.9 Å². The summed E-state index contributed by atoms with van der Waals surface area (Å²) >= 11 is 0. The van der Waals surface area contributed by atoms with Crippen LogP contribution in [-0.2, 0) is 6.42 Å². The van der Waals surface area contributed by atoms with Gasteiger partial charge in [0, 0.05) is 30.1 Å². The Balaban J connectivity index is 0.00000243. The lowest BCUT2D eigenvalue weighted by molar-refractivity contribution is 0.102. The van der Waals surface area contributed by atoms with Crippen LogP contribution in [0.25, 0.3) is 0 Å². The van der Waals surface area contributed by atoms with Crippen molar-refractivity contribution in [2.45, 2.75) is 12.8 Å². The minimum atomic E-state index is -0.262. The number of carbonyl (C=O) groups is 1. The van der Waals surface area contributed by atoms with Gasteiger partial charge in [-0.2, -0.15) is 0 Å². The van der Waals surface area contributed by atoms with Crippen LogP contribution in [0.15, 0.2) is 30.3 Å². The van der Waals surface area contributed by atoms with E-state index in [-0.39, 0.29) is 18.3 Å². The average molecular weight is 379 g/mol. The molecule has 1 aliphatic heterocycles. The molecule has 6 nitrogen and oxygen atoms in total. The number of hydrogen-bond donors (Lipinski definition) is 2. The van der Waals surface area contributed by atoms with Gasteiger partial charge in [0.05, 0.1) is 26.9 Å². The smallest absolute Gasteiger partial charge is 0.259 e. The van der Waals surface area contributed by atoms with Crippen molar-refractivity contribution in [2.24, 2.45) is 0 Å². The lowest BCUT2D eigenvalue weighted by Crippen LogP contribution is -2.15. The standard InChI is InChI=1S/C19H22N2O4.ClH/c1-23-16-11-18(25-3)17(24-2)10-14(16)19(22)21-13-6-7-15-12(9-13)5-4-8-20-15;/h6-7,9-11,20H,4-5,8H2,1-3H3,(H,21,22);1H. The number of anilines is 2. The lowest BCUT2D eigenvalue weighted by Gasteiger charge is -2.19. The minimum absolute atomic E-state index is 0. The normalized spacial score (nSPS) is 12.1. The first-order valence-corrected chi connectivity index (χ1v) is 8.14. The van der Waals surface area contributed by atoms with Crippen molar-refractivity contribution in [1.82, 2.24) is 0 Å². The first kappa shape index (κ1) is 19.7. The Morgan fingerprint density at radius 3 is 2.38 bits per heavy atom. The Morgan fingerprint density at radius 1 is 1.00 bits per heavy atom. The summed E-state index contributed by atoms with van der Waals surface area (Å²) in [6.07, 6.45) is 2.10. The second-order valence-corrected chi connectivity index (χ2v) is 5.76. The van der Waals surface area contributed by atoms with Crippen molar-refractivity contribution in [3.05, 3.63) is 41.5 Å². The van der Waals surface area contributed by atoms with Crippen molar-refractivity contribution in [1.29, 1.82) is 0 Å². The molecule has 2 aromatic rings. The van der Waals surface area contributed by atoms with Crippen LogP contribution in [0.1, 0.15) is 22.3 Å². The number of fused-ring (bicyclic) bond motifs is 1. The van der Waals surface area contributed by atoms with Gasteiger partial charge in [0.15, 0.2) is 11.5 Å². The third kappa shape index (κ3) is 3.96. The molecule has 7 heteroatoms. The maximum atomic E-state index is 12.7. The van der Waals surface area contributed by atoms with Gasteiger partial charge >= 0.3 is 0 Å². The van der Waals surface area contributed by atoms with E-state index < -0.39 is 0 Å². The number of rotatable bonds is 5. The molecule has 0 saturated carbocycles. The number of aryl methyl sites for hydroxylation is 1. The molecule has 2 N–H and O–H groups in total. The molecule has 140 valence electrons. The Hall–Kier alpha value is -2.60. The van der Waals surface area contributed by atoms with Crippen LogP contribution in [0, 0.1) is 0 Å². The molecule has 0 atom stereocenters. The van der Waals surface area contributed by atoms with Gasteiger partial charge in [-0.1, -0.05) is 0 Å². The van der Waals surface area contributed by atoms with Crippen molar-refractivity contribution in [2.75, 3.05) is 38.5 Å². The van der Waals surface area contributed by atoms with Crippen LogP contribution in [0.3, 0.4) is 0 Å². The van der Waals surface area contributed by atoms with Gasteiger partial charge in [0.1, 0.15) is 5.75 Å². The Morgan fingerprint density at radius 2 is 1.69 bits per heavy atom. The second kappa shape index (κ2) is 8.67. The third-order valence-corrected chi connectivity index (χ3v) is 4.25. The molecule has 3 rings (SSSR count). The van der Waals surface area contributed by atoms with Gasteiger partial charge in [-0.3, -0.25) is 4.79 Å². The van der Waals surface area contributed by atoms with Gasteiger partial charge in [-0.05, 0) is 36.6 Å². The molecule has 0 aromatic heterocycles. The fourth-order valence-electron chi connectivity index (χ4n) is 2.96. The highest BCUT2D eigenvalue weighted by Crippen LogP contribution is 2.35. The molecular formula is C19H23ClN2O4. The number of halogens is 1. The summed E-state index contributed by atoms with van der Waals surface area (Å²) in [6, 6.07) is 9.16. The molecule has 1 amide bonds. The van der Waals surface area contributed by atoms with E-state index in [0.717, 1.165) is 30.8 Å². The van der Waals surface area contributed by atoms with Crippen molar-refractivity contribution in [3.8, 4) is 17.2 Å². The SMILES string of the molecule is COc1cc(OC)c(C(=O)Nc2ccc3c(c2)CCCN3)cc1OC.Cl. The molecule has 0 saturated heterocycles. The van der Waals surface area contributed by atoms with Crippen LogP contribution in [0.2, 0.25) is 0 Å². The molecule has 1 aliphatic rings. The van der Waals surface area contributed by atoms with E-state index >= 15 is 0 Å². The first-order chi connectivity index (χ1) is 12.2. The Labute approximate surface area is 159 Å². The number of benzene rings is 2. The number of nitrogens with one attached hydrogen (secondary N) is 2. The predicted molar refractivity (Wildman–Crippen MR) is 105 cm³/mol. The Kier molecular flexibility index (Phi) is 6.58. The van der Waals surface area contributed by atoms with Crippen LogP contribution >= 0.6 is 12.4 Å². The molecular weight excluding hydrogens is 356 g/mol. The van der Waals surface area contributed by atoms with Crippen LogP contribution in [0.4, 0.5) is 11.4 Å². The summed E-state index contributed by atoms with van der Waals surface area (Å²) in [6.45, 7) is 0.988. The molecule has 0 fully saturated rings. The Bertz CT molecular complexity index is 795. The summed E-state index contributed by atoms with van der Waals surface area (Å²) in [5, 5.41) is 6.29. The van der Waals surface area contributed by atoms with Gasteiger partial charge in [-0.15, -0.1) is 12.4 Å². The highest BCUT2D eigenvalue weighted by molar-refractivity contribution is 6.06. The quantitative estimate of drug-likeness (QED) is 0.829. The van der Waals surface area contributed by atoms with Crippen LogP contribution in [0.5, 0.6) is 17.2 Å². The molecule has 1 heterocycles. The van der Waals surface area contributed by atoms with E-state index in [4.69, 9.17) is 14.2 Å². The summed E-state index contributed by atoms with van der Waals surface area (Å²) in [5.74, 6) is 1.15. The summed E-state index contributed by atoms with van der Waals surface area (Å²) in [4.78, 5) is 12.7. The topological polar surface area (TPSA) is 68.8 Å². The zero-order valence-electron chi connectivity index (χ0n) is 15.0. The highest BCUT2D eigenvalue weighted by Gasteiger charge is 2.18. The molecule has 0 aliphatic carbocycles. The van der Waals surface area contributed by atoms with Gasteiger partial charge in [-0.25, -0.2) is 0 Å². The minimum Gasteiger partial charge on any atom is -0.496 e. The molecule has 0 spiro atoms. The lowest BCUT2D eigenvalue weighted by atomic mass is 10.0. The molecule has 0 radical (unpaired) electrons. The van der Waals surface area contributed by atoms with E-state index in [9.17, 15) is 4.79 Å². The molecule has 2 aromatic carbocycles. The van der Waals surface area contributed by atoms with Gasteiger partial charge < -0.3 is 24.8 Å². The fourth-order valence-corrected chi connectivity index (χ4v) is 2.96. The number of methoxy groups -OCH3 is 3. The zero-order valence-corrected chi connectivity index (χ0v) is 15.9. The maximum absolute atomic E-state index is 12.7. The predicted octanol–water partition coefficient (Wildman–Crippen LogP) is 3.74. The van der Waals surface area contributed by atoms with Crippen LogP contribution in [-0.4, -0.2) is 33.8 Å². The fraction of sp³-hybridized carbons (Fsp3) is 0.316. The van der Waals surface area contributed by atoms with Crippen molar-refractivity contribution in [3.63, 3.8) is 0 Å². The number of ether oxygens (including phenoxy) is 3. The van der Waals surface area contributed by atoms with E-state index in [1.54, 1.807) is 12.1 Å². The highest BCUT2D eigenvalue weighted by atomic mass is 35.5. The molecule has 26 heavy (non-hydrogen) atoms. The van der Waals surface area contributed by atoms with Gasteiger partial charge in [0.2, 0.25) is 0 Å². The monoisotopic (exact) mass is 378 g/mol. The van der Waals surface area contributed by atoms with Gasteiger partial charge in [0.25, 0.3) is 5.91 Å². The van der Waals surface area contributed by atoms with E-state index in [2.05, 4.69) is 10.6 Å². The number of carbonyl (C=O) groups excluding carboxylic acids is 1. The van der Waals surface area contributed by atoms with E-state index in [0.29, 0.717) is 22.8 Å². The number of hydrogen-bond acceptors (Lipinski definition) is 5. The van der Waals surface area contributed by atoms with Crippen molar-refractivity contribution >= 4 is 29.7 Å².